The Morgan fingerprint density at radius 1 is 1.36 bits per heavy atom. The van der Waals surface area contributed by atoms with Gasteiger partial charge in [-0.3, -0.25) is 0 Å². The smallest absolute Gasteiger partial charge is 0.175 e. The number of hydrogen-bond donors (Lipinski definition) is 1. The van der Waals surface area contributed by atoms with Crippen molar-refractivity contribution in [3.05, 3.63) is 29.8 Å². The highest BCUT2D eigenvalue weighted by molar-refractivity contribution is 7.90. The number of aliphatic hydroxyl groups is 1. The van der Waals surface area contributed by atoms with E-state index in [2.05, 4.69) is 0 Å². The molecule has 0 aliphatic rings. The summed E-state index contributed by atoms with van der Waals surface area (Å²) in [6, 6.07) is 6.17. The van der Waals surface area contributed by atoms with Gasteiger partial charge < -0.3 is 5.11 Å². The number of aliphatic hydroxyl groups excluding tert-OH is 1. The van der Waals surface area contributed by atoms with E-state index in [1.54, 1.807) is 12.1 Å². The van der Waals surface area contributed by atoms with Gasteiger partial charge in [0.2, 0.25) is 0 Å². The number of rotatable bonds is 3. The van der Waals surface area contributed by atoms with Crippen LogP contribution in [0.5, 0.6) is 0 Å². The summed E-state index contributed by atoms with van der Waals surface area (Å²) in [7, 11) is -3.16. The molecule has 0 spiro atoms. The second-order valence-electron chi connectivity index (χ2n) is 2.99. The molecular formula is C9H11ClO3S. The average molecular weight is 235 g/mol. The third kappa shape index (κ3) is 2.70. The quantitative estimate of drug-likeness (QED) is 0.804. The van der Waals surface area contributed by atoms with Crippen LogP contribution in [0.2, 0.25) is 0 Å². The Labute approximate surface area is 88.2 Å². The van der Waals surface area contributed by atoms with Gasteiger partial charge >= 0.3 is 0 Å². The van der Waals surface area contributed by atoms with E-state index < -0.39 is 15.2 Å². The first kappa shape index (κ1) is 11.5. The zero-order chi connectivity index (χ0) is 10.8. The Hall–Kier alpha value is -0.580. The van der Waals surface area contributed by atoms with E-state index >= 15 is 0 Å². The number of hydrogen-bond acceptors (Lipinski definition) is 3. The number of halogens is 1. The van der Waals surface area contributed by atoms with Crippen LogP contribution in [0.25, 0.3) is 0 Å². The maximum Gasteiger partial charge on any atom is 0.175 e. The van der Waals surface area contributed by atoms with Crippen LogP contribution in [0.3, 0.4) is 0 Å². The van der Waals surface area contributed by atoms with E-state index in [0.717, 1.165) is 6.26 Å². The largest absolute Gasteiger partial charge is 0.394 e. The minimum absolute atomic E-state index is 0.167. The molecule has 1 atom stereocenters. The van der Waals surface area contributed by atoms with Crippen molar-refractivity contribution in [2.24, 2.45) is 0 Å². The fourth-order valence-electron chi connectivity index (χ4n) is 1.03. The van der Waals surface area contributed by atoms with Crippen molar-refractivity contribution in [3.8, 4) is 0 Å². The summed E-state index contributed by atoms with van der Waals surface area (Å²) in [5.74, 6) is 0. The maximum atomic E-state index is 11.1. The summed E-state index contributed by atoms with van der Waals surface area (Å²) in [4.78, 5) is 0.253. The molecule has 1 N–H and O–H groups in total. The van der Waals surface area contributed by atoms with Gasteiger partial charge in [0.15, 0.2) is 9.84 Å². The third-order valence-electron chi connectivity index (χ3n) is 1.83. The molecule has 5 heteroatoms. The van der Waals surface area contributed by atoms with Crippen molar-refractivity contribution in [1.29, 1.82) is 0 Å². The Bertz CT molecular complexity index is 397. The molecule has 78 valence electrons. The van der Waals surface area contributed by atoms with Gasteiger partial charge in [0, 0.05) is 6.26 Å². The van der Waals surface area contributed by atoms with E-state index in [0.29, 0.717) is 5.56 Å². The Kier molecular flexibility index (Phi) is 3.53. The topological polar surface area (TPSA) is 54.4 Å². The SMILES string of the molecule is CS(=O)(=O)c1ccc(C(Cl)CO)cc1. The molecule has 0 saturated carbocycles. The van der Waals surface area contributed by atoms with E-state index in [1.165, 1.54) is 12.1 Å². The van der Waals surface area contributed by atoms with Crippen LogP contribution in [0.15, 0.2) is 29.2 Å². The number of sulfone groups is 1. The molecule has 1 unspecified atom stereocenters. The Morgan fingerprint density at radius 2 is 1.86 bits per heavy atom. The molecule has 0 heterocycles. The van der Waals surface area contributed by atoms with Crippen LogP contribution >= 0.6 is 11.6 Å². The molecular weight excluding hydrogens is 224 g/mol. The molecule has 0 aliphatic heterocycles. The zero-order valence-electron chi connectivity index (χ0n) is 7.64. The average Bonchev–Trinajstić information content (AvgIpc) is 2.15. The number of alkyl halides is 1. The third-order valence-corrected chi connectivity index (χ3v) is 3.35. The van der Waals surface area contributed by atoms with Crippen molar-refractivity contribution in [2.45, 2.75) is 10.3 Å². The lowest BCUT2D eigenvalue weighted by Crippen LogP contribution is -1.99. The molecule has 14 heavy (non-hydrogen) atoms. The van der Waals surface area contributed by atoms with Crippen LogP contribution in [-0.4, -0.2) is 26.4 Å². The van der Waals surface area contributed by atoms with Gasteiger partial charge in [0.1, 0.15) is 0 Å². The summed E-state index contributed by atoms with van der Waals surface area (Å²) in [6.07, 6.45) is 1.15. The first-order valence-corrected chi connectivity index (χ1v) is 6.33. The minimum Gasteiger partial charge on any atom is -0.394 e. The van der Waals surface area contributed by atoms with Gasteiger partial charge in [-0.25, -0.2) is 8.42 Å². The molecule has 1 rings (SSSR count). The highest BCUT2D eigenvalue weighted by atomic mass is 35.5. The van der Waals surface area contributed by atoms with Crippen molar-refractivity contribution in [1.82, 2.24) is 0 Å². The lowest BCUT2D eigenvalue weighted by atomic mass is 10.2. The molecule has 1 aromatic carbocycles. The monoisotopic (exact) mass is 234 g/mol. The molecule has 0 aromatic heterocycles. The summed E-state index contributed by atoms with van der Waals surface area (Å²) < 4.78 is 22.2. The van der Waals surface area contributed by atoms with Crippen LogP contribution in [0.1, 0.15) is 10.9 Å². The van der Waals surface area contributed by atoms with Gasteiger partial charge in [0.25, 0.3) is 0 Å². The fraction of sp³-hybridized carbons (Fsp3) is 0.333. The molecule has 0 radical (unpaired) electrons. The second kappa shape index (κ2) is 4.29. The van der Waals surface area contributed by atoms with Crippen molar-refractivity contribution < 1.29 is 13.5 Å². The van der Waals surface area contributed by atoms with E-state index in [-0.39, 0.29) is 11.5 Å². The lowest BCUT2D eigenvalue weighted by Gasteiger charge is -2.06. The van der Waals surface area contributed by atoms with Crippen molar-refractivity contribution >= 4 is 21.4 Å². The normalized spacial score (nSPS) is 13.9. The van der Waals surface area contributed by atoms with E-state index in [1.807, 2.05) is 0 Å². The standard InChI is InChI=1S/C9H11ClO3S/c1-14(12,13)8-4-2-7(3-5-8)9(10)6-11/h2-5,9,11H,6H2,1H3. The minimum atomic E-state index is -3.16. The van der Waals surface area contributed by atoms with Crippen molar-refractivity contribution in [3.63, 3.8) is 0 Å². The van der Waals surface area contributed by atoms with Gasteiger partial charge in [-0.05, 0) is 17.7 Å². The summed E-state index contributed by atoms with van der Waals surface area (Å²) in [5, 5.41) is 8.28. The number of benzene rings is 1. The van der Waals surface area contributed by atoms with Gasteiger partial charge in [-0.2, -0.15) is 0 Å². The zero-order valence-corrected chi connectivity index (χ0v) is 9.22. The van der Waals surface area contributed by atoms with Crippen LogP contribution in [0, 0.1) is 0 Å². The highest BCUT2D eigenvalue weighted by Gasteiger charge is 2.09. The van der Waals surface area contributed by atoms with Crippen LogP contribution in [0.4, 0.5) is 0 Å². The highest BCUT2D eigenvalue weighted by Crippen LogP contribution is 2.21. The van der Waals surface area contributed by atoms with Crippen molar-refractivity contribution in [2.75, 3.05) is 12.9 Å². The summed E-state index contributed by atoms with van der Waals surface area (Å²) >= 11 is 5.76. The molecule has 0 amide bonds. The molecule has 0 bridgehead atoms. The predicted octanol–water partition coefficient (Wildman–Crippen LogP) is 1.36. The Balaban J connectivity index is 3.01. The van der Waals surface area contributed by atoms with Gasteiger partial charge in [0.05, 0.1) is 16.9 Å². The van der Waals surface area contributed by atoms with E-state index in [4.69, 9.17) is 16.7 Å². The maximum absolute atomic E-state index is 11.1. The first-order valence-electron chi connectivity index (χ1n) is 4.00. The molecule has 0 aliphatic carbocycles. The molecule has 0 fully saturated rings. The summed E-state index contributed by atoms with van der Waals surface area (Å²) in [5.41, 5.74) is 0.710. The summed E-state index contributed by atoms with van der Waals surface area (Å²) in [6.45, 7) is -0.167. The fourth-order valence-corrected chi connectivity index (χ4v) is 1.81. The first-order chi connectivity index (χ1) is 6.45. The van der Waals surface area contributed by atoms with E-state index in [9.17, 15) is 8.42 Å². The molecule has 0 saturated heterocycles. The van der Waals surface area contributed by atoms with Crippen LogP contribution in [-0.2, 0) is 9.84 Å². The van der Waals surface area contributed by atoms with Crippen LogP contribution < -0.4 is 0 Å². The Morgan fingerprint density at radius 3 is 2.21 bits per heavy atom. The predicted molar refractivity (Wildman–Crippen MR) is 55.2 cm³/mol. The second-order valence-corrected chi connectivity index (χ2v) is 5.53. The molecule has 3 nitrogen and oxygen atoms in total. The molecule has 1 aromatic rings. The lowest BCUT2D eigenvalue weighted by molar-refractivity contribution is 0.294. The van der Waals surface area contributed by atoms with Gasteiger partial charge in [-0.1, -0.05) is 12.1 Å². The van der Waals surface area contributed by atoms with Gasteiger partial charge in [-0.15, -0.1) is 11.6 Å².